The molecule has 1 aromatic heterocycles. The van der Waals surface area contributed by atoms with Gasteiger partial charge >= 0.3 is 0 Å². The third kappa shape index (κ3) is 4.42. The molecule has 0 spiro atoms. The maximum absolute atomic E-state index is 4.29. The lowest BCUT2D eigenvalue weighted by Crippen LogP contribution is -2.49. The predicted octanol–water partition coefficient (Wildman–Crippen LogP) is 0.465. The van der Waals surface area contributed by atoms with Gasteiger partial charge in [0.05, 0.1) is 5.69 Å². The second-order valence-electron chi connectivity index (χ2n) is 4.70. The third-order valence-corrected chi connectivity index (χ3v) is 3.16. The molecule has 1 saturated heterocycles. The second-order valence-corrected chi connectivity index (χ2v) is 4.70. The minimum Gasteiger partial charge on any atom is -0.311 e. The molecule has 1 unspecified atom stereocenters. The topological polar surface area (TPSA) is 40.2 Å². The molecule has 0 aromatic carbocycles. The van der Waals surface area contributed by atoms with E-state index < -0.39 is 0 Å². The van der Waals surface area contributed by atoms with Crippen LogP contribution in [0.15, 0.2) is 24.4 Å². The molecule has 0 amide bonds. The van der Waals surface area contributed by atoms with Gasteiger partial charge in [-0.3, -0.25) is 4.98 Å². The first-order valence-corrected chi connectivity index (χ1v) is 6.37. The molecule has 0 bridgehead atoms. The molecule has 4 nitrogen and oxygen atoms in total. The van der Waals surface area contributed by atoms with Crippen LogP contribution in [0.3, 0.4) is 0 Å². The summed E-state index contributed by atoms with van der Waals surface area (Å²) in [7, 11) is 2.19. The average molecular weight is 234 g/mol. The zero-order valence-electron chi connectivity index (χ0n) is 10.5. The van der Waals surface area contributed by atoms with Crippen LogP contribution in [0.4, 0.5) is 0 Å². The van der Waals surface area contributed by atoms with Gasteiger partial charge in [0.25, 0.3) is 0 Å². The molecule has 1 fully saturated rings. The largest absolute Gasteiger partial charge is 0.311 e. The van der Waals surface area contributed by atoms with E-state index in [2.05, 4.69) is 33.6 Å². The Labute approximate surface area is 103 Å². The lowest BCUT2D eigenvalue weighted by Gasteiger charge is -2.30. The number of rotatable bonds is 5. The van der Waals surface area contributed by atoms with Crippen molar-refractivity contribution in [1.29, 1.82) is 0 Å². The van der Waals surface area contributed by atoms with E-state index in [0.717, 1.165) is 38.4 Å². The van der Waals surface area contributed by atoms with Crippen LogP contribution in [0.25, 0.3) is 0 Å². The highest BCUT2D eigenvalue weighted by molar-refractivity contribution is 5.02. The summed E-state index contributed by atoms with van der Waals surface area (Å²) >= 11 is 0. The van der Waals surface area contributed by atoms with Crippen molar-refractivity contribution in [3.63, 3.8) is 0 Å². The van der Waals surface area contributed by atoms with Crippen molar-refractivity contribution in [3.05, 3.63) is 30.1 Å². The van der Waals surface area contributed by atoms with Gasteiger partial charge in [0.1, 0.15) is 0 Å². The smallest absolute Gasteiger partial charge is 0.0541 e. The Morgan fingerprint density at radius 1 is 1.53 bits per heavy atom. The summed E-state index contributed by atoms with van der Waals surface area (Å²) in [4.78, 5) is 6.68. The van der Waals surface area contributed by atoms with Gasteiger partial charge in [-0.15, -0.1) is 0 Å². The van der Waals surface area contributed by atoms with Crippen LogP contribution >= 0.6 is 0 Å². The highest BCUT2D eigenvalue weighted by Gasteiger charge is 2.15. The molecular weight excluding hydrogens is 212 g/mol. The molecule has 4 heteroatoms. The molecule has 2 N–H and O–H groups in total. The van der Waals surface area contributed by atoms with Gasteiger partial charge in [0.2, 0.25) is 0 Å². The fraction of sp³-hybridized carbons (Fsp3) is 0.615. The van der Waals surface area contributed by atoms with Crippen LogP contribution in [0.2, 0.25) is 0 Å². The van der Waals surface area contributed by atoms with Gasteiger partial charge in [-0.2, -0.15) is 0 Å². The van der Waals surface area contributed by atoms with E-state index in [1.807, 2.05) is 18.3 Å². The van der Waals surface area contributed by atoms with Crippen LogP contribution in [0.5, 0.6) is 0 Å². The van der Waals surface area contributed by atoms with Gasteiger partial charge in [0, 0.05) is 38.4 Å². The summed E-state index contributed by atoms with van der Waals surface area (Å²) in [6.45, 7) is 5.34. The number of hydrogen-bond donors (Lipinski definition) is 2. The van der Waals surface area contributed by atoms with Crippen LogP contribution in [0, 0.1) is 0 Å². The molecule has 0 radical (unpaired) electrons. The maximum atomic E-state index is 4.29. The Hall–Kier alpha value is -0.970. The van der Waals surface area contributed by atoms with E-state index in [0.29, 0.717) is 6.04 Å². The monoisotopic (exact) mass is 234 g/mol. The SMILES string of the molecule is CN1CCNC(CCNCc2ccccn2)C1. The Kier molecular flexibility index (Phi) is 4.91. The second kappa shape index (κ2) is 6.69. The number of likely N-dealkylation sites (N-methyl/N-ethyl adjacent to an activating group) is 1. The Morgan fingerprint density at radius 2 is 2.47 bits per heavy atom. The van der Waals surface area contributed by atoms with Crippen molar-refractivity contribution in [2.24, 2.45) is 0 Å². The molecular formula is C13H22N4. The van der Waals surface area contributed by atoms with Gasteiger partial charge in [-0.05, 0) is 32.1 Å². The number of hydrogen-bond acceptors (Lipinski definition) is 4. The third-order valence-electron chi connectivity index (χ3n) is 3.16. The van der Waals surface area contributed by atoms with Crippen molar-refractivity contribution < 1.29 is 0 Å². The van der Waals surface area contributed by atoms with Crippen LogP contribution in [-0.4, -0.2) is 49.2 Å². The molecule has 2 heterocycles. The van der Waals surface area contributed by atoms with Gasteiger partial charge in [-0.1, -0.05) is 6.07 Å². The highest BCUT2D eigenvalue weighted by atomic mass is 15.2. The zero-order valence-corrected chi connectivity index (χ0v) is 10.5. The first-order chi connectivity index (χ1) is 8.34. The molecule has 0 aliphatic carbocycles. The molecule has 17 heavy (non-hydrogen) atoms. The van der Waals surface area contributed by atoms with Crippen LogP contribution in [0.1, 0.15) is 12.1 Å². The van der Waals surface area contributed by atoms with Crippen molar-refractivity contribution in [3.8, 4) is 0 Å². The Morgan fingerprint density at radius 3 is 3.24 bits per heavy atom. The summed E-state index contributed by atoms with van der Waals surface area (Å²) < 4.78 is 0. The summed E-state index contributed by atoms with van der Waals surface area (Å²) in [6.07, 6.45) is 3.02. The Balaban J connectivity index is 1.60. The standard InChI is InChI=1S/C13H22N4/c1-17-9-8-16-13(11-17)5-7-14-10-12-4-2-3-6-15-12/h2-4,6,13-14,16H,5,7-11H2,1H3. The normalized spacial score (nSPS) is 21.6. The van der Waals surface area contributed by atoms with Crippen LogP contribution < -0.4 is 10.6 Å². The molecule has 1 aliphatic rings. The molecule has 0 saturated carbocycles. The van der Waals surface area contributed by atoms with E-state index in [1.165, 1.54) is 6.42 Å². The van der Waals surface area contributed by atoms with E-state index in [1.54, 1.807) is 0 Å². The van der Waals surface area contributed by atoms with E-state index in [-0.39, 0.29) is 0 Å². The average Bonchev–Trinajstić information content (AvgIpc) is 2.36. The molecule has 1 atom stereocenters. The fourth-order valence-electron chi connectivity index (χ4n) is 2.18. The van der Waals surface area contributed by atoms with Gasteiger partial charge in [-0.25, -0.2) is 0 Å². The molecule has 94 valence electrons. The summed E-state index contributed by atoms with van der Waals surface area (Å²) in [5, 5.41) is 6.99. The van der Waals surface area contributed by atoms with Crippen molar-refractivity contribution in [1.82, 2.24) is 20.5 Å². The summed E-state index contributed by atoms with van der Waals surface area (Å²) in [6, 6.07) is 6.66. The first kappa shape index (κ1) is 12.5. The van der Waals surface area contributed by atoms with Gasteiger partial charge in [0.15, 0.2) is 0 Å². The first-order valence-electron chi connectivity index (χ1n) is 6.37. The minimum atomic E-state index is 0.630. The van der Waals surface area contributed by atoms with Gasteiger partial charge < -0.3 is 15.5 Å². The molecule has 1 aliphatic heterocycles. The summed E-state index contributed by atoms with van der Waals surface area (Å²) in [5.74, 6) is 0. The quantitative estimate of drug-likeness (QED) is 0.726. The lowest BCUT2D eigenvalue weighted by molar-refractivity contribution is 0.231. The number of piperazine rings is 1. The number of aromatic nitrogens is 1. The number of pyridine rings is 1. The Bertz CT molecular complexity index is 314. The van der Waals surface area contributed by atoms with Crippen molar-refractivity contribution in [2.45, 2.75) is 19.0 Å². The predicted molar refractivity (Wildman–Crippen MR) is 69.8 cm³/mol. The summed E-state index contributed by atoms with van der Waals surface area (Å²) in [5.41, 5.74) is 1.11. The van der Waals surface area contributed by atoms with Crippen LogP contribution in [-0.2, 0) is 6.54 Å². The lowest BCUT2D eigenvalue weighted by atomic mass is 10.1. The minimum absolute atomic E-state index is 0.630. The fourth-order valence-corrected chi connectivity index (χ4v) is 2.18. The molecule has 2 rings (SSSR count). The molecule has 1 aromatic rings. The van der Waals surface area contributed by atoms with E-state index in [9.17, 15) is 0 Å². The van der Waals surface area contributed by atoms with Crippen molar-refractivity contribution in [2.75, 3.05) is 33.2 Å². The van der Waals surface area contributed by atoms with Crippen molar-refractivity contribution >= 4 is 0 Å². The maximum Gasteiger partial charge on any atom is 0.0541 e. The zero-order chi connectivity index (χ0) is 11.9. The highest BCUT2D eigenvalue weighted by Crippen LogP contribution is 2.00. The number of nitrogens with one attached hydrogen (secondary N) is 2. The van der Waals surface area contributed by atoms with E-state index in [4.69, 9.17) is 0 Å². The van der Waals surface area contributed by atoms with E-state index >= 15 is 0 Å². The number of nitrogens with zero attached hydrogens (tertiary/aromatic N) is 2.